The SMILES string of the molecule is C=C(Br)CNC(=O)C1CCCNC1.Cl. The Bertz CT molecular complexity index is 205. The van der Waals surface area contributed by atoms with Crippen molar-refractivity contribution >= 4 is 34.2 Å². The van der Waals surface area contributed by atoms with Gasteiger partial charge < -0.3 is 10.6 Å². The molecule has 1 fully saturated rings. The highest BCUT2D eigenvalue weighted by Gasteiger charge is 2.19. The minimum atomic E-state index is 0. The first-order valence-electron chi connectivity index (χ1n) is 4.52. The molecule has 0 aromatic heterocycles. The lowest BCUT2D eigenvalue weighted by molar-refractivity contribution is -0.125. The van der Waals surface area contributed by atoms with Gasteiger partial charge in [0.15, 0.2) is 0 Å². The Hall–Kier alpha value is -0.0600. The van der Waals surface area contributed by atoms with Gasteiger partial charge in [-0.15, -0.1) is 12.4 Å². The van der Waals surface area contributed by atoms with Crippen LogP contribution in [-0.2, 0) is 4.79 Å². The number of nitrogens with one attached hydrogen (secondary N) is 2. The van der Waals surface area contributed by atoms with E-state index in [0.29, 0.717) is 6.54 Å². The molecule has 1 heterocycles. The Morgan fingerprint density at radius 1 is 1.64 bits per heavy atom. The van der Waals surface area contributed by atoms with Gasteiger partial charge in [0.1, 0.15) is 0 Å². The second kappa shape index (κ2) is 7.26. The van der Waals surface area contributed by atoms with E-state index >= 15 is 0 Å². The Balaban J connectivity index is 0.00000169. The molecule has 1 amide bonds. The first kappa shape index (κ1) is 13.9. The van der Waals surface area contributed by atoms with Crippen LogP contribution in [-0.4, -0.2) is 25.5 Å². The second-order valence-electron chi connectivity index (χ2n) is 3.28. The quantitative estimate of drug-likeness (QED) is 0.823. The van der Waals surface area contributed by atoms with Crippen LogP contribution in [0.15, 0.2) is 11.1 Å². The standard InChI is InChI=1S/C9H15BrN2O.ClH/c1-7(10)5-12-9(13)8-3-2-4-11-6-8;/h8,11H,1-6H2,(H,12,13);1H. The van der Waals surface area contributed by atoms with Crippen molar-refractivity contribution in [1.29, 1.82) is 0 Å². The molecule has 82 valence electrons. The molecule has 0 aliphatic carbocycles. The van der Waals surface area contributed by atoms with Crippen molar-refractivity contribution in [3.63, 3.8) is 0 Å². The zero-order chi connectivity index (χ0) is 9.68. The number of hydrogen-bond acceptors (Lipinski definition) is 2. The van der Waals surface area contributed by atoms with Crippen LogP contribution < -0.4 is 10.6 Å². The van der Waals surface area contributed by atoms with Gasteiger partial charge in [-0.2, -0.15) is 0 Å². The number of carbonyl (C=O) groups is 1. The predicted octanol–water partition coefficient (Wildman–Crippen LogP) is 1.43. The van der Waals surface area contributed by atoms with E-state index < -0.39 is 0 Å². The van der Waals surface area contributed by atoms with Crippen LogP contribution in [0.1, 0.15) is 12.8 Å². The molecule has 2 N–H and O–H groups in total. The van der Waals surface area contributed by atoms with Crippen molar-refractivity contribution < 1.29 is 4.79 Å². The highest BCUT2D eigenvalue weighted by Crippen LogP contribution is 2.09. The highest BCUT2D eigenvalue weighted by molar-refractivity contribution is 9.11. The molecule has 0 aromatic rings. The average Bonchev–Trinajstić information content (AvgIpc) is 2.15. The second-order valence-corrected chi connectivity index (χ2v) is 4.40. The van der Waals surface area contributed by atoms with Gasteiger partial charge in [-0.25, -0.2) is 0 Å². The maximum Gasteiger partial charge on any atom is 0.224 e. The van der Waals surface area contributed by atoms with Crippen LogP contribution in [0.25, 0.3) is 0 Å². The van der Waals surface area contributed by atoms with Gasteiger partial charge in [0.05, 0.1) is 5.92 Å². The molecule has 0 aromatic carbocycles. The van der Waals surface area contributed by atoms with E-state index in [-0.39, 0.29) is 24.2 Å². The summed E-state index contributed by atoms with van der Waals surface area (Å²) in [6.07, 6.45) is 2.08. The molecule has 1 aliphatic heterocycles. The van der Waals surface area contributed by atoms with Crippen LogP contribution >= 0.6 is 28.3 Å². The number of carbonyl (C=O) groups excluding carboxylic acids is 1. The summed E-state index contributed by atoms with van der Waals surface area (Å²) in [5.74, 6) is 0.272. The zero-order valence-corrected chi connectivity index (χ0v) is 10.4. The number of hydrogen-bond donors (Lipinski definition) is 2. The van der Waals surface area contributed by atoms with Crippen LogP contribution in [0.3, 0.4) is 0 Å². The largest absolute Gasteiger partial charge is 0.351 e. The molecule has 1 saturated heterocycles. The van der Waals surface area contributed by atoms with E-state index in [1.54, 1.807) is 0 Å². The van der Waals surface area contributed by atoms with Crippen LogP contribution in [0.4, 0.5) is 0 Å². The molecule has 1 rings (SSSR count). The maximum atomic E-state index is 11.5. The molecule has 3 nitrogen and oxygen atoms in total. The zero-order valence-electron chi connectivity index (χ0n) is 8.01. The molecular weight excluding hydrogens is 267 g/mol. The van der Waals surface area contributed by atoms with Crippen LogP contribution in [0, 0.1) is 5.92 Å². The van der Waals surface area contributed by atoms with E-state index in [2.05, 4.69) is 33.1 Å². The fourth-order valence-electron chi connectivity index (χ4n) is 1.40. The lowest BCUT2D eigenvalue weighted by Crippen LogP contribution is -2.40. The first-order valence-corrected chi connectivity index (χ1v) is 5.31. The molecule has 1 aliphatic rings. The van der Waals surface area contributed by atoms with Gasteiger partial charge in [-0.05, 0) is 19.4 Å². The van der Waals surface area contributed by atoms with Crippen molar-refractivity contribution in [3.05, 3.63) is 11.1 Å². The summed E-state index contributed by atoms with van der Waals surface area (Å²) in [5, 5.41) is 6.03. The summed E-state index contributed by atoms with van der Waals surface area (Å²) in [5.41, 5.74) is 0. The number of rotatable bonds is 3. The van der Waals surface area contributed by atoms with Crippen molar-refractivity contribution in [2.45, 2.75) is 12.8 Å². The lowest BCUT2D eigenvalue weighted by Gasteiger charge is -2.21. The Kier molecular flexibility index (Phi) is 7.23. The summed E-state index contributed by atoms with van der Waals surface area (Å²) < 4.78 is 0.810. The van der Waals surface area contributed by atoms with Crippen molar-refractivity contribution in [1.82, 2.24) is 10.6 Å². The topological polar surface area (TPSA) is 41.1 Å². The van der Waals surface area contributed by atoms with Gasteiger partial charge in [0.25, 0.3) is 0 Å². The van der Waals surface area contributed by atoms with E-state index in [1.807, 2.05) is 0 Å². The molecule has 0 saturated carbocycles. The Morgan fingerprint density at radius 2 is 2.36 bits per heavy atom. The summed E-state index contributed by atoms with van der Waals surface area (Å²) in [7, 11) is 0. The first-order chi connectivity index (χ1) is 6.20. The third-order valence-corrected chi connectivity index (χ3v) is 2.40. The normalized spacial score (nSPS) is 20.8. The maximum absolute atomic E-state index is 11.5. The molecule has 1 atom stereocenters. The predicted molar refractivity (Wildman–Crippen MR) is 63.9 cm³/mol. The van der Waals surface area contributed by atoms with E-state index in [1.165, 1.54) is 0 Å². The van der Waals surface area contributed by atoms with Crippen molar-refractivity contribution in [3.8, 4) is 0 Å². The number of amides is 1. The van der Waals surface area contributed by atoms with Crippen molar-refractivity contribution in [2.24, 2.45) is 5.92 Å². The average molecular weight is 284 g/mol. The molecule has 0 spiro atoms. The fraction of sp³-hybridized carbons (Fsp3) is 0.667. The minimum Gasteiger partial charge on any atom is -0.351 e. The number of piperidine rings is 1. The van der Waals surface area contributed by atoms with Gasteiger partial charge in [0.2, 0.25) is 5.91 Å². The molecule has 1 unspecified atom stereocenters. The summed E-state index contributed by atoms with van der Waals surface area (Å²) >= 11 is 3.20. The lowest BCUT2D eigenvalue weighted by atomic mass is 9.99. The van der Waals surface area contributed by atoms with E-state index in [4.69, 9.17) is 0 Å². The molecular formula is C9H16BrClN2O. The fourth-order valence-corrected chi connectivity index (χ4v) is 1.54. The van der Waals surface area contributed by atoms with Gasteiger partial charge >= 0.3 is 0 Å². The van der Waals surface area contributed by atoms with Crippen LogP contribution in [0.2, 0.25) is 0 Å². The molecule has 0 radical (unpaired) electrons. The molecule has 5 heteroatoms. The third-order valence-electron chi connectivity index (χ3n) is 2.12. The Labute approximate surface area is 99.2 Å². The summed E-state index contributed by atoms with van der Waals surface area (Å²) in [6.45, 7) is 6.02. The third kappa shape index (κ3) is 4.98. The minimum absolute atomic E-state index is 0. The van der Waals surface area contributed by atoms with E-state index in [9.17, 15) is 4.79 Å². The monoisotopic (exact) mass is 282 g/mol. The summed E-state index contributed by atoms with van der Waals surface area (Å²) in [6, 6.07) is 0. The van der Waals surface area contributed by atoms with Gasteiger partial charge in [-0.1, -0.05) is 22.5 Å². The smallest absolute Gasteiger partial charge is 0.224 e. The van der Waals surface area contributed by atoms with Gasteiger partial charge in [0, 0.05) is 17.6 Å². The highest BCUT2D eigenvalue weighted by atomic mass is 79.9. The Morgan fingerprint density at radius 3 is 2.86 bits per heavy atom. The van der Waals surface area contributed by atoms with Crippen molar-refractivity contribution in [2.75, 3.05) is 19.6 Å². The molecule has 14 heavy (non-hydrogen) atoms. The summed E-state index contributed by atoms with van der Waals surface area (Å²) in [4.78, 5) is 11.5. The number of halogens is 2. The van der Waals surface area contributed by atoms with E-state index in [0.717, 1.165) is 30.4 Å². The van der Waals surface area contributed by atoms with Crippen LogP contribution in [0.5, 0.6) is 0 Å². The van der Waals surface area contributed by atoms with Gasteiger partial charge in [-0.3, -0.25) is 4.79 Å². The molecule has 0 bridgehead atoms.